The molecule has 4 saturated carbocycles. The van der Waals surface area contributed by atoms with E-state index in [0.717, 1.165) is 29.7 Å². The Morgan fingerprint density at radius 1 is 0.935 bits per heavy atom. The lowest BCUT2D eigenvalue weighted by Gasteiger charge is -2.62. The summed E-state index contributed by atoms with van der Waals surface area (Å²) in [5.41, 5.74) is 1.65. The molecule has 10 unspecified atom stereocenters. The highest BCUT2D eigenvalue weighted by Crippen LogP contribution is 2.68. The highest BCUT2D eigenvalue weighted by atomic mass is 16.3. The molecule has 31 heavy (non-hydrogen) atoms. The van der Waals surface area contributed by atoms with E-state index in [9.17, 15) is 9.90 Å². The number of fused-ring (bicyclic) bond motifs is 5. The summed E-state index contributed by atoms with van der Waals surface area (Å²) >= 11 is 0. The van der Waals surface area contributed by atoms with Crippen LogP contribution in [0.3, 0.4) is 0 Å². The second kappa shape index (κ2) is 8.30. The van der Waals surface area contributed by atoms with E-state index in [1.807, 2.05) is 0 Å². The Labute approximate surface area is 191 Å². The van der Waals surface area contributed by atoms with Crippen LogP contribution in [0.2, 0.25) is 0 Å². The van der Waals surface area contributed by atoms with E-state index in [-0.39, 0.29) is 12.0 Å². The molecule has 0 aliphatic heterocycles. The molecule has 0 aromatic rings. The fourth-order valence-electron chi connectivity index (χ4n) is 9.57. The van der Waals surface area contributed by atoms with Gasteiger partial charge in [0, 0.05) is 6.42 Å². The number of rotatable bonds is 5. The number of aliphatic hydroxyl groups excluding tert-OH is 1. The van der Waals surface area contributed by atoms with Crippen LogP contribution in [0, 0.1) is 58.2 Å². The molecule has 0 amide bonds. The van der Waals surface area contributed by atoms with Crippen LogP contribution in [0.4, 0.5) is 0 Å². The van der Waals surface area contributed by atoms with Gasteiger partial charge in [-0.05, 0) is 115 Å². The van der Waals surface area contributed by atoms with Crippen LogP contribution in [-0.4, -0.2) is 17.0 Å². The highest BCUT2D eigenvalue weighted by Gasteiger charge is 2.61. The number of allylic oxidation sites excluding steroid dienone is 1. The zero-order valence-corrected chi connectivity index (χ0v) is 21.1. The summed E-state index contributed by atoms with van der Waals surface area (Å²) < 4.78 is 0. The van der Waals surface area contributed by atoms with Crippen LogP contribution in [0.15, 0.2) is 12.2 Å². The zero-order chi connectivity index (χ0) is 22.7. The van der Waals surface area contributed by atoms with Crippen LogP contribution in [0.25, 0.3) is 0 Å². The molecule has 0 radical (unpaired) electrons. The van der Waals surface area contributed by atoms with Gasteiger partial charge in [-0.1, -0.05) is 48.1 Å². The first-order valence-corrected chi connectivity index (χ1v) is 13.4. The standard InChI is InChI=1S/C29H48O2/c1-17(2)19(4)27(31)16-18(3)22-10-11-24-21-8-9-23-20(5)26(30)13-15-29(23,7)25(21)12-14-28(22,24)6/h17-18,20-26,30H,4,8-16H2,1-3,5-7H3. The molecule has 0 spiro atoms. The summed E-state index contributed by atoms with van der Waals surface area (Å²) in [7, 11) is 0. The molecule has 4 rings (SSSR count). The number of carbonyl (C=O) groups is 1. The Hall–Kier alpha value is -0.630. The molecule has 0 saturated heterocycles. The van der Waals surface area contributed by atoms with Gasteiger partial charge in [0.05, 0.1) is 6.10 Å². The molecule has 0 heterocycles. The van der Waals surface area contributed by atoms with Gasteiger partial charge in [0.1, 0.15) is 0 Å². The fourth-order valence-corrected chi connectivity index (χ4v) is 9.57. The topological polar surface area (TPSA) is 37.3 Å². The molecule has 1 N–H and O–H groups in total. The minimum absolute atomic E-state index is 0.0849. The van der Waals surface area contributed by atoms with Crippen LogP contribution in [0.1, 0.15) is 99.3 Å². The van der Waals surface area contributed by atoms with Crippen molar-refractivity contribution < 1.29 is 9.90 Å². The van der Waals surface area contributed by atoms with E-state index in [1.54, 1.807) is 0 Å². The summed E-state index contributed by atoms with van der Waals surface area (Å²) in [6.07, 6.45) is 10.9. The third kappa shape index (κ3) is 3.68. The summed E-state index contributed by atoms with van der Waals surface area (Å²) in [6.45, 7) is 18.1. The lowest BCUT2D eigenvalue weighted by molar-refractivity contribution is -0.149. The highest BCUT2D eigenvalue weighted by molar-refractivity contribution is 5.95. The molecular weight excluding hydrogens is 380 g/mol. The first-order chi connectivity index (χ1) is 14.5. The smallest absolute Gasteiger partial charge is 0.158 e. The van der Waals surface area contributed by atoms with E-state index in [0.29, 0.717) is 46.7 Å². The van der Waals surface area contributed by atoms with Gasteiger partial charge in [-0.15, -0.1) is 0 Å². The van der Waals surface area contributed by atoms with E-state index in [2.05, 4.69) is 48.1 Å². The van der Waals surface area contributed by atoms with Gasteiger partial charge in [-0.3, -0.25) is 4.79 Å². The number of Topliss-reactive ketones (excluding diaryl/α,β-unsaturated/α-hetero) is 1. The molecule has 2 heteroatoms. The zero-order valence-electron chi connectivity index (χ0n) is 21.1. The van der Waals surface area contributed by atoms with Gasteiger partial charge in [0.15, 0.2) is 5.78 Å². The Morgan fingerprint density at radius 2 is 1.55 bits per heavy atom. The largest absolute Gasteiger partial charge is 0.393 e. The van der Waals surface area contributed by atoms with Gasteiger partial charge in [0.25, 0.3) is 0 Å². The lowest BCUT2D eigenvalue weighted by Crippen LogP contribution is -2.56. The molecule has 0 aromatic heterocycles. The van der Waals surface area contributed by atoms with Crippen LogP contribution in [-0.2, 0) is 4.79 Å². The molecule has 4 aliphatic rings. The minimum atomic E-state index is -0.0849. The van der Waals surface area contributed by atoms with Crippen molar-refractivity contribution in [3.8, 4) is 0 Å². The molecule has 0 aromatic carbocycles. The number of hydrogen-bond donors (Lipinski definition) is 1. The predicted octanol–water partition coefficient (Wildman–Crippen LogP) is 7.06. The average molecular weight is 429 g/mol. The Bertz CT molecular complexity index is 710. The van der Waals surface area contributed by atoms with E-state index in [4.69, 9.17) is 0 Å². The first kappa shape index (κ1) is 23.5. The maximum Gasteiger partial charge on any atom is 0.158 e. The number of carbonyl (C=O) groups excluding carboxylic acids is 1. The number of hydrogen-bond acceptors (Lipinski definition) is 2. The maximum absolute atomic E-state index is 12.8. The molecule has 176 valence electrons. The van der Waals surface area contributed by atoms with Crippen molar-refractivity contribution in [2.45, 2.75) is 105 Å². The Morgan fingerprint density at radius 3 is 2.23 bits per heavy atom. The van der Waals surface area contributed by atoms with Crippen molar-refractivity contribution >= 4 is 5.78 Å². The maximum atomic E-state index is 12.8. The van der Waals surface area contributed by atoms with Crippen LogP contribution in [0.5, 0.6) is 0 Å². The lowest BCUT2D eigenvalue weighted by atomic mass is 9.43. The van der Waals surface area contributed by atoms with Gasteiger partial charge in [-0.25, -0.2) is 0 Å². The molecule has 2 nitrogen and oxygen atoms in total. The van der Waals surface area contributed by atoms with Crippen molar-refractivity contribution in [3.63, 3.8) is 0 Å². The summed E-state index contributed by atoms with van der Waals surface area (Å²) in [4.78, 5) is 12.8. The first-order valence-electron chi connectivity index (χ1n) is 13.4. The summed E-state index contributed by atoms with van der Waals surface area (Å²) in [5.74, 6) is 5.41. The monoisotopic (exact) mass is 428 g/mol. The second-order valence-corrected chi connectivity index (χ2v) is 13.0. The third-order valence-electron chi connectivity index (χ3n) is 11.5. The van der Waals surface area contributed by atoms with Crippen molar-refractivity contribution in [2.75, 3.05) is 0 Å². The molecule has 0 bridgehead atoms. The van der Waals surface area contributed by atoms with E-state index >= 15 is 0 Å². The minimum Gasteiger partial charge on any atom is -0.393 e. The molecule has 4 fully saturated rings. The normalized spacial score (nSPS) is 47.9. The third-order valence-corrected chi connectivity index (χ3v) is 11.5. The average Bonchev–Trinajstić information content (AvgIpc) is 3.07. The Balaban J connectivity index is 1.50. The Kier molecular flexibility index (Phi) is 6.30. The van der Waals surface area contributed by atoms with Gasteiger partial charge in [0.2, 0.25) is 0 Å². The van der Waals surface area contributed by atoms with Crippen molar-refractivity contribution in [1.82, 2.24) is 0 Å². The summed E-state index contributed by atoms with van der Waals surface area (Å²) in [6, 6.07) is 0. The van der Waals surface area contributed by atoms with Crippen molar-refractivity contribution in [3.05, 3.63) is 12.2 Å². The van der Waals surface area contributed by atoms with Gasteiger partial charge >= 0.3 is 0 Å². The van der Waals surface area contributed by atoms with Crippen LogP contribution < -0.4 is 0 Å². The van der Waals surface area contributed by atoms with Crippen LogP contribution >= 0.6 is 0 Å². The van der Waals surface area contributed by atoms with E-state index in [1.165, 1.54) is 44.9 Å². The van der Waals surface area contributed by atoms with Gasteiger partial charge < -0.3 is 5.11 Å². The van der Waals surface area contributed by atoms with Gasteiger partial charge in [-0.2, -0.15) is 0 Å². The molecule has 4 aliphatic carbocycles. The predicted molar refractivity (Wildman–Crippen MR) is 129 cm³/mol. The quantitative estimate of drug-likeness (QED) is 0.476. The second-order valence-electron chi connectivity index (χ2n) is 13.0. The van der Waals surface area contributed by atoms with Crippen molar-refractivity contribution in [1.29, 1.82) is 0 Å². The fraction of sp³-hybridized carbons (Fsp3) is 0.897. The molecular formula is C29H48O2. The van der Waals surface area contributed by atoms with Crippen molar-refractivity contribution in [2.24, 2.45) is 58.2 Å². The SMILES string of the molecule is C=C(C(=O)CC(C)C1CCC2C3CCC4C(C)C(O)CCC4(C)C3CCC12C)C(C)C. The summed E-state index contributed by atoms with van der Waals surface area (Å²) in [5, 5.41) is 10.5. The number of aliphatic hydroxyl groups is 1. The van der Waals surface area contributed by atoms with E-state index < -0.39 is 0 Å². The molecule has 10 atom stereocenters. The number of ketones is 1.